The minimum Gasteiger partial charge on any atom is -0.447 e. The number of rotatable bonds is 4. The van der Waals surface area contributed by atoms with E-state index in [1.165, 1.54) is 6.07 Å². The number of sulfonamides is 1. The molecule has 0 aromatic carbocycles. The normalized spacial score (nSPS) is 19.2. The van der Waals surface area contributed by atoms with Gasteiger partial charge in [0.1, 0.15) is 5.76 Å². The lowest BCUT2D eigenvalue weighted by Crippen LogP contribution is -2.52. The summed E-state index contributed by atoms with van der Waals surface area (Å²) in [5.41, 5.74) is 5.38. The van der Waals surface area contributed by atoms with Gasteiger partial charge >= 0.3 is 0 Å². The fourth-order valence-corrected chi connectivity index (χ4v) is 2.80. The number of piperazine rings is 1. The van der Waals surface area contributed by atoms with E-state index in [9.17, 15) is 8.42 Å². The van der Waals surface area contributed by atoms with Gasteiger partial charge in [-0.15, -0.1) is 4.83 Å². The third-order valence-electron chi connectivity index (χ3n) is 2.86. The highest BCUT2D eigenvalue weighted by molar-refractivity contribution is 7.89. The zero-order chi connectivity index (χ0) is 13.2. The Kier molecular flexibility index (Phi) is 4.03. The third kappa shape index (κ3) is 3.09. The zero-order valence-electron chi connectivity index (χ0n) is 10.3. The average molecular weight is 274 g/mol. The number of hydrazine groups is 1. The van der Waals surface area contributed by atoms with Crippen molar-refractivity contribution in [3.05, 3.63) is 17.9 Å². The predicted molar refractivity (Wildman–Crippen MR) is 66.0 cm³/mol. The number of furan rings is 1. The van der Waals surface area contributed by atoms with Crippen molar-refractivity contribution in [2.75, 3.05) is 33.2 Å². The molecule has 2 rings (SSSR count). The molecule has 0 saturated carbocycles. The summed E-state index contributed by atoms with van der Waals surface area (Å²) in [4.78, 5) is 4.66. The standard InChI is InChI=1S/C10H18N4O3S/c1-13-4-6-14(7-5-13)12-18(15,16)10-3-2-9(8-11)17-10/h2-3,12H,4-8,11H2,1H3. The van der Waals surface area contributed by atoms with Crippen LogP contribution in [0.2, 0.25) is 0 Å². The molecule has 1 aliphatic rings. The number of nitrogens with zero attached hydrogens (tertiary/aromatic N) is 2. The summed E-state index contributed by atoms with van der Waals surface area (Å²) in [6.07, 6.45) is 0. The second-order valence-electron chi connectivity index (χ2n) is 4.31. The lowest BCUT2D eigenvalue weighted by atomic mass is 10.4. The molecular formula is C10H18N4O3S. The van der Waals surface area contributed by atoms with E-state index in [2.05, 4.69) is 9.73 Å². The van der Waals surface area contributed by atoms with E-state index in [0.717, 1.165) is 13.1 Å². The topological polar surface area (TPSA) is 91.8 Å². The first-order valence-corrected chi connectivity index (χ1v) is 7.24. The maximum absolute atomic E-state index is 12.0. The van der Waals surface area contributed by atoms with Crippen LogP contribution in [0.25, 0.3) is 0 Å². The molecule has 1 aliphatic heterocycles. The summed E-state index contributed by atoms with van der Waals surface area (Å²) in [5, 5.41) is 1.59. The van der Waals surface area contributed by atoms with Crippen LogP contribution in [0.1, 0.15) is 5.76 Å². The lowest BCUT2D eigenvalue weighted by Gasteiger charge is -2.31. The molecular weight excluding hydrogens is 256 g/mol. The molecule has 1 aromatic rings. The summed E-state index contributed by atoms with van der Waals surface area (Å²) in [5.74, 6) is 0.453. The Bertz CT molecular complexity index is 491. The van der Waals surface area contributed by atoms with Gasteiger partial charge in [-0.05, 0) is 19.2 Å². The summed E-state index contributed by atoms with van der Waals surface area (Å²) in [7, 11) is -1.63. The van der Waals surface area contributed by atoms with Crippen molar-refractivity contribution in [3.63, 3.8) is 0 Å². The van der Waals surface area contributed by atoms with E-state index >= 15 is 0 Å². The molecule has 2 heterocycles. The Labute approximate surface area is 107 Å². The van der Waals surface area contributed by atoms with Gasteiger partial charge in [-0.25, -0.2) is 13.4 Å². The van der Waals surface area contributed by atoms with Gasteiger partial charge in [0.25, 0.3) is 10.0 Å². The van der Waals surface area contributed by atoms with Crippen LogP contribution in [-0.4, -0.2) is 51.6 Å². The van der Waals surface area contributed by atoms with Crippen LogP contribution in [0.15, 0.2) is 21.6 Å². The van der Waals surface area contributed by atoms with Crippen molar-refractivity contribution < 1.29 is 12.8 Å². The molecule has 102 valence electrons. The van der Waals surface area contributed by atoms with Gasteiger partial charge in [0.05, 0.1) is 6.54 Å². The van der Waals surface area contributed by atoms with Crippen molar-refractivity contribution in [2.45, 2.75) is 11.6 Å². The molecule has 18 heavy (non-hydrogen) atoms. The van der Waals surface area contributed by atoms with Crippen LogP contribution in [-0.2, 0) is 16.6 Å². The largest absolute Gasteiger partial charge is 0.447 e. The second kappa shape index (κ2) is 5.37. The van der Waals surface area contributed by atoms with E-state index in [1.54, 1.807) is 11.1 Å². The summed E-state index contributed by atoms with van der Waals surface area (Å²) < 4.78 is 29.2. The molecule has 0 amide bonds. The van der Waals surface area contributed by atoms with Crippen LogP contribution in [0.5, 0.6) is 0 Å². The van der Waals surface area contributed by atoms with E-state index in [4.69, 9.17) is 10.2 Å². The average Bonchev–Trinajstić information content (AvgIpc) is 2.81. The molecule has 0 atom stereocenters. The first-order chi connectivity index (χ1) is 8.51. The first kappa shape index (κ1) is 13.5. The molecule has 7 nitrogen and oxygen atoms in total. The quantitative estimate of drug-likeness (QED) is 0.745. The minimum absolute atomic E-state index is 0.0955. The summed E-state index contributed by atoms with van der Waals surface area (Å²) >= 11 is 0. The maximum Gasteiger partial charge on any atom is 0.286 e. The predicted octanol–water partition coefficient (Wildman–Crippen LogP) is -0.821. The van der Waals surface area contributed by atoms with Crippen LogP contribution < -0.4 is 10.6 Å². The van der Waals surface area contributed by atoms with Gasteiger partial charge < -0.3 is 15.1 Å². The van der Waals surface area contributed by atoms with Crippen molar-refractivity contribution in [1.29, 1.82) is 0 Å². The van der Waals surface area contributed by atoms with Gasteiger partial charge in [-0.3, -0.25) is 0 Å². The van der Waals surface area contributed by atoms with Crippen molar-refractivity contribution in [1.82, 2.24) is 14.7 Å². The Morgan fingerprint density at radius 2 is 2.00 bits per heavy atom. The molecule has 1 saturated heterocycles. The molecule has 1 fully saturated rings. The van der Waals surface area contributed by atoms with Crippen LogP contribution in [0.3, 0.4) is 0 Å². The second-order valence-corrected chi connectivity index (χ2v) is 5.90. The van der Waals surface area contributed by atoms with Gasteiger partial charge in [-0.2, -0.15) is 0 Å². The van der Waals surface area contributed by atoms with Gasteiger partial charge in [0, 0.05) is 26.2 Å². The molecule has 8 heteroatoms. The maximum atomic E-state index is 12.0. The molecule has 0 unspecified atom stereocenters. The smallest absolute Gasteiger partial charge is 0.286 e. The van der Waals surface area contributed by atoms with Gasteiger partial charge in [0.2, 0.25) is 5.09 Å². The molecule has 0 radical (unpaired) electrons. The van der Waals surface area contributed by atoms with Crippen molar-refractivity contribution >= 4 is 10.0 Å². The molecule has 1 aromatic heterocycles. The fourth-order valence-electron chi connectivity index (χ4n) is 1.73. The number of hydrogen-bond donors (Lipinski definition) is 2. The van der Waals surface area contributed by atoms with Crippen molar-refractivity contribution in [2.24, 2.45) is 5.73 Å². The van der Waals surface area contributed by atoms with Crippen molar-refractivity contribution in [3.8, 4) is 0 Å². The van der Waals surface area contributed by atoms with Crippen LogP contribution in [0, 0.1) is 0 Å². The monoisotopic (exact) mass is 274 g/mol. The molecule has 0 spiro atoms. The van der Waals surface area contributed by atoms with Gasteiger partial charge in [0.15, 0.2) is 0 Å². The Balaban J connectivity index is 2.03. The molecule has 0 bridgehead atoms. The van der Waals surface area contributed by atoms with E-state index in [-0.39, 0.29) is 11.6 Å². The fraction of sp³-hybridized carbons (Fsp3) is 0.600. The van der Waals surface area contributed by atoms with E-state index < -0.39 is 10.0 Å². The Morgan fingerprint density at radius 3 is 2.56 bits per heavy atom. The number of hydrogen-bond acceptors (Lipinski definition) is 6. The lowest BCUT2D eigenvalue weighted by molar-refractivity contribution is 0.134. The molecule has 0 aliphatic carbocycles. The van der Waals surface area contributed by atoms with Crippen LogP contribution in [0.4, 0.5) is 0 Å². The Morgan fingerprint density at radius 1 is 1.33 bits per heavy atom. The minimum atomic E-state index is -3.63. The van der Waals surface area contributed by atoms with E-state index in [0.29, 0.717) is 18.8 Å². The number of nitrogens with one attached hydrogen (secondary N) is 1. The first-order valence-electron chi connectivity index (χ1n) is 5.76. The Hall–Kier alpha value is -0.930. The number of likely N-dealkylation sites (N-methyl/N-ethyl adjacent to an activating group) is 1. The number of nitrogens with two attached hydrogens (primary N) is 1. The van der Waals surface area contributed by atoms with Crippen LogP contribution >= 0.6 is 0 Å². The highest BCUT2D eigenvalue weighted by Gasteiger charge is 2.23. The third-order valence-corrected chi connectivity index (χ3v) is 4.10. The molecule has 3 N–H and O–H groups in total. The highest BCUT2D eigenvalue weighted by atomic mass is 32.2. The SMILES string of the molecule is CN1CCN(NS(=O)(=O)c2ccc(CN)o2)CC1. The highest BCUT2D eigenvalue weighted by Crippen LogP contribution is 2.13. The zero-order valence-corrected chi connectivity index (χ0v) is 11.1. The summed E-state index contributed by atoms with van der Waals surface area (Å²) in [6.45, 7) is 3.15. The van der Waals surface area contributed by atoms with Gasteiger partial charge in [-0.1, -0.05) is 0 Å². The summed E-state index contributed by atoms with van der Waals surface area (Å²) in [6, 6.07) is 2.99. The van der Waals surface area contributed by atoms with E-state index in [1.807, 2.05) is 7.05 Å².